The molecule has 12 saturated heterocycles. The third-order valence-electron chi connectivity index (χ3n) is 26.5. The summed E-state index contributed by atoms with van der Waals surface area (Å²) in [6.07, 6.45) is -121. The summed E-state index contributed by atoms with van der Waals surface area (Å²) >= 11 is 0. The molecule has 64 heteroatoms. The van der Waals surface area contributed by atoms with Crippen molar-refractivity contribution in [3.05, 3.63) is 0 Å². The molecule has 64 nitrogen and oxygen atoms in total. The van der Waals surface area contributed by atoms with Gasteiger partial charge in [0.15, 0.2) is 75.5 Å². The number of carbonyl (C=O) groups is 4. The van der Waals surface area contributed by atoms with Crippen molar-refractivity contribution < 1.29 is 297 Å². The van der Waals surface area contributed by atoms with Crippen molar-refractivity contribution >= 4 is 23.6 Å². The maximum absolute atomic E-state index is 13.2. The molecule has 0 aromatic heterocycles. The van der Waals surface area contributed by atoms with Crippen molar-refractivity contribution in [1.29, 1.82) is 0 Å². The van der Waals surface area contributed by atoms with Gasteiger partial charge in [0.2, 0.25) is 23.6 Å². The first-order valence-electron chi connectivity index (χ1n) is 46.1. The lowest BCUT2D eigenvalue weighted by atomic mass is 9.93. The van der Waals surface area contributed by atoms with Crippen LogP contribution in [0.25, 0.3) is 0 Å². The van der Waals surface area contributed by atoms with E-state index in [1.807, 2.05) is 0 Å². The second-order valence-electron chi connectivity index (χ2n) is 36.5. The normalized spacial score (nSPS) is 49.9. The second-order valence-corrected chi connectivity index (χ2v) is 36.5. The summed E-state index contributed by atoms with van der Waals surface area (Å²) < 4.78 is 138. The van der Waals surface area contributed by atoms with Crippen LogP contribution in [-0.2, 0) is 128 Å². The maximum atomic E-state index is 13.2. The molecular weight excluding hydrogens is 1980 g/mol. The molecule has 0 aliphatic carbocycles. The van der Waals surface area contributed by atoms with Gasteiger partial charge in [-0.3, -0.25) is 19.2 Å². The van der Waals surface area contributed by atoms with Gasteiger partial charge in [0.1, 0.15) is 281 Å². The van der Waals surface area contributed by atoms with E-state index in [0.29, 0.717) is 0 Å². The van der Waals surface area contributed by atoms with Crippen LogP contribution < -0.4 is 21.3 Å². The van der Waals surface area contributed by atoms with Crippen molar-refractivity contribution in [2.75, 3.05) is 79.3 Å². The highest BCUT2D eigenvalue weighted by Crippen LogP contribution is 2.43. The minimum atomic E-state index is -2.78. The molecule has 0 radical (unpaired) electrons. The number of aliphatic hydroxyl groups excluding tert-OH is 33. The van der Waals surface area contributed by atoms with Gasteiger partial charge in [0.25, 0.3) is 0 Å². The van der Waals surface area contributed by atoms with Crippen molar-refractivity contribution in [3.63, 3.8) is 0 Å². The minimum Gasteiger partial charge on any atom is -0.394 e. The van der Waals surface area contributed by atoms with Crippen LogP contribution in [0, 0.1) is 0 Å². The van der Waals surface area contributed by atoms with Crippen LogP contribution in [0.4, 0.5) is 0 Å². The molecule has 12 rings (SSSR count). The Balaban J connectivity index is 0.935. The number of nitrogens with one attached hydrogen (secondary N) is 4. The Labute approximate surface area is 814 Å². The highest BCUT2D eigenvalue weighted by Gasteiger charge is 2.64. The van der Waals surface area contributed by atoms with E-state index in [4.69, 9.17) is 109 Å². The number of hydrogen-bond donors (Lipinski definition) is 37. The lowest BCUT2D eigenvalue weighted by molar-refractivity contribution is -0.411. The highest BCUT2D eigenvalue weighted by molar-refractivity contribution is 5.74. The third kappa shape index (κ3) is 26.1. The van der Waals surface area contributed by atoms with Gasteiger partial charge in [-0.1, -0.05) is 0 Å². The molecule has 12 heterocycles. The largest absolute Gasteiger partial charge is 0.394 e. The molecule has 59 atom stereocenters. The molecule has 0 bridgehead atoms. The maximum Gasteiger partial charge on any atom is 0.217 e. The third-order valence-corrected chi connectivity index (χ3v) is 26.5. The molecule has 0 saturated carbocycles. The van der Waals surface area contributed by atoms with E-state index >= 15 is 0 Å². The van der Waals surface area contributed by atoms with E-state index in [0.717, 1.165) is 27.7 Å². The molecule has 37 N–H and O–H groups in total. The zero-order chi connectivity index (χ0) is 106. The summed E-state index contributed by atoms with van der Waals surface area (Å²) in [5.41, 5.74) is 0. The standard InChI is InChI=1S/C80H134N4O60/c1-18(95)81-36-46(107)40(101)23(6-85)125-70(36)122-16-33-44(105)53(114)68(143-73-39(84-21(4)98)49(110)63(29(12-91)131-73)139-75-56(117)51(112)42(103)25(8-87)127-75)79(135-33)123-17-34-45(106)67(60(121)78(134-34)140-64-30(13-92)129-71(37(47(64)108)82-19(2)96)136-61-22(99)5-35(100)124-27(61)10-89)142-80-69(144-77-58(119)54(115)65(31(14-93)132-77)141-76-57(118)52(113)43(104)26(9-88)128-76)59(120)66(32(15-94)133-80)137-72-38(83-20(3)97)48(109)62(28(11-90)130-72)138-74-55(116)50(111)41(102)24(7-86)126-74/h22-80,85-94,99-121H,5-17H2,1-4H3,(H,81,95)(H,82,96)(H,83,97)(H,84,98)/t22-,23-,24-,25-,26-,27-,28-,29-,30-,31-,32-,33-,34-,35-,36-,37-,38-,39-,40-,41+,42-,43+,44-,45-,46-,47-,48-,49-,50+,51+,52+,53+,54-,55-,56+,57-,58-,59+,60+,61+,62-,63-,64-,65-,66-,67+,68+,69+,70-,71+,72+,73+,74-,75-,76+,77+,78+,79+,80-/m1/s1. The summed E-state index contributed by atoms with van der Waals surface area (Å²) in [6.45, 7) is -10.3. The molecule has 0 spiro atoms. The van der Waals surface area contributed by atoms with Crippen molar-refractivity contribution in [1.82, 2.24) is 21.3 Å². The van der Waals surface area contributed by atoms with E-state index in [9.17, 15) is 188 Å². The van der Waals surface area contributed by atoms with Gasteiger partial charge >= 0.3 is 0 Å². The van der Waals surface area contributed by atoms with Gasteiger partial charge in [0.05, 0.1) is 85.4 Å². The van der Waals surface area contributed by atoms with Gasteiger partial charge in [-0.25, -0.2) is 0 Å². The van der Waals surface area contributed by atoms with Gasteiger partial charge in [-0.15, -0.1) is 0 Å². The fraction of sp³-hybridized carbons (Fsp3) is 0.950. The summed E-state index contributed by atoms with van der Waals surface area (Å²) in [6, 6.07) is -7.81. The number of rotatable bonds is 38. The average molecular weight is 2110 g/mol. The molecule has 12 fully saturated rings. The smallest absolute Gasteiger partial charge is 0.217 e. The minimum absolute atomic E-state index is 0.569. The fourth-order valence-corrected chi connectivity index (χ4v) is 18.8. The van der Waals surface area contributed by atoms with Crippen LogP contribution in [0.2, 0.25) is 0 Å². The lowest BCUT2D eigenvalue weighted by Gasteiger charge is -2.52. The Kier molecular flexibility index (Phi) is 42.8. The van der Waals surface area contributed by atoms with Crippen LogP contribution in [-0.4, -0.2) is 634 Å². The Morgan fingerprint density at radius 1 is 0.201 bits per heavy atom. The first-order valence-corrected chi connectivity index (χ1v) is 46.1. The van der Waals surface area contributed by atoms with Crippen LogP contribution in [0.5, 0.6) is 0 Å². The molecule has 0 unspecified atom stereocenters. The van der Waals surface area contributed by atoms with Gasteiger partial charge < -0.3 is 299 Å². The highest BCUT2D eigenvalue weighted by atomic mass is 16.8. The fourth-order valence-electron chi connectivity index (χ4n) is 18.8. The Bertz CT molecular complexity index is 3950. The SMILES string of the molecule is CC(=O)N[C@H]1[C@H](O[C@@H]2[C@@H](OC[C@H]3O[C@@H](O[C@H]4[C@H](O)[C@@H](NC(C)=O)[C@H](O[C@H]5[C@H](O)C[C@H](O)O[C@@H]5CO)O[C@@H]4CO)[C@@H](O)[C@@H](O[C@H]4O[C@H](CO)[C@@H](O[C@@H]5O[C@H](CO)[C@@H](O[C@H]6O[C@H](CO)[C@H](O)[C@H](O)[C@H]6O)[C@H](O)[C@H]5NC(C)=O)[C@H](O)[C@@H]4O[C@@H]4O[C@H](CO)[C@@H](O[C@@H]5O[C@H](CO)[C@H](O)[C@H](O)[C@H]5O)[C@H](O)[C@H]4O)[C@@H]3O)O[C@H](CO[C@@H]3O[C@H](CO)[C@@H](O)[C@H](O)[C@H]3NC(C)=O)[C@@H](O)[C@@H]2O)O[C@H](CO)[C@@H](O[C@H]2O[C@H](CO)[C@@H](O)[C@H](O)[C@@H]2O)[C@@H]1O. The van der Waals surface area contributed by atoms with Crippen LogP contribution >= 0.6 is 0 Å². The van der Waals surface area contributed by atoms with Gasteiger partial charge in [-0.2, -0.15) is 0 Å². The molecular formula is C80H134N4O60. The first kappa shape index (κ1) is 118. The number of aliphatic hydroxyl groups is 33. The van der Waals surface area contributed by atoms with Crippen LogP contribution in [0.3, 0.4) is 0 Å². The number of hydrogen-bond acceptors (Lipinski definition) is 60. The van der Waals surface area contributed by atoms with Crippen LogP contribution in [0.15, 0.2) is 0 Å². The van der Waals surface area contributed by atoms with E-state index in [1.54, 1.807) is 0 Å². The summed E-state index contributed by atoms with van der Waals surface area (Å²) in [5.74, 6) is -3.90. The number of ether oxygens (including phenoxy) is 23. The topological polar surface area (TPSA) is 996 Å². The molecule has 12 aliphatic rings. The molecule has 0 aromatic carbocycles. The predicted octanol–water partition coefficient (Wildman–Crippen LogP) is -25.6. The van der Waals surface area contributed by atoms with E-state index < -0.39 is 471 Å². The summed E-state index contributed by atoms with van der Waals surface area (Å²) in [7, 11) is 0. The lowest BCUT2D eigenvalue weighted by Crippen LogP contribution is -2.71. The molecule has 0 aromatic rings. The zero-order valence-electron chi connectivity index (χ0n) is 77.0. The monoisotopic (exact) mass is 2110 g/mol. The second kappa shape index (κ2) is 52.0. The molecule has 12 aliphatic heterocycles. The quantitative estimate of drug-likeness (QED) is 0.0273. The van der Waals surface area contributed by atoms with Crippen LogP contribution in [0.1, 0.15) is 34.1 Å². The molecule has 144 heavy (non-hydrogen) atoms. The van der Waals surface area contributed by atoms with E-state index in [1.165, 1.54) is 0 Å². The van der Waals surface area contributed by atoms with Crippen molar-refractivity contribution in [2.24, 2.45) is 0 Å². The Hall–Kier alpha value is -4.36. The number of carbonyl (C=O) groups excluding carboxylic acids is 4. The first-order chi connectivity index (χ1) is 68.2. The van der Waals surface area contributed by atoms with Crippen molar-refractivity contribution in [3.8, 4) is 0 Å². The summed E-state index contributed by atoms with van der Waals surface area (Å²) in [4.78, 5) is 52.3. The number of amides is 4. The Morgan fingerprint density at radius 2 is 0.431 bits per heavy atom. The molecule has 834 valence electrons. The van der Waals surface area contributed by atoms with E-state index in [-0.39, 0.29) is 0 Å². The van der Waals surface area contributed by atoms with Gasteiger partial charge in [0, 0.05) is 34.1 Å². The predicted molar refractivity (Wildman–Crippen MR) is 440 cm³/mol. The molecule has 4 amide bonds. The zero-order valence-corrected chi connectivity index (χ0v) is 77.0. The summed E-state index contributed by atoms with van der Waals surface area (Å²) in [5, 5.41) is 382. The Morgan fingerprint density at radius 3 is 0.806 bits per heavy atom. The van der Waals surface area contributed by atoms with E-state index in [2.05, 4.69) is 21.3 Å². The van der Waals surface area contributed by atoms with Gasteiger partial charge in [-0.05, 0) is 0 Å². The average Bonchev–Trinajstić information content (AvgIpc) is 0.758. The van der Waals surface area contributed by atoms with Crippen molar-refractivity contribution in [2.45, 2.75) is 396 Å².